The van der Waals surface area contributed by atoms with Crippen LogP contribution in [0, 0.1) is 6.92 Å². The van der Waals surface area contributed by atoms with Gasteiger partial charge in [-0.25, -0.2) is 8.42 Å². The summed E-state index contributed by atoms with van der Waals surface area (Å²) >= 11 is 1.68. The third-order valence-electron chi connectivity index (χ3n) is 5.59. The van der Waals surface area contributed by atoms with E-state index >= 15 is 0 Å². The van der Waals surface area contributed by atoms with Crippen molar-refractivity contribution < 1.29 is 17.9 Å². The maximum atomic E-state index is 13.5. The van der Waals surface area contributed by atoms with Crippen LogP contribution in [0.3, 0.4) is 0 Å². The Morgan fingerprint density at radius 2 is 1.97 bits per heavy atom. The van der Waals surface area contributed by atoms with Gasteiger partial charge in [0.15, 0.2) is 0 Å². The topological polar surface area (TPSA) is 55.8 Å². The molecule has 1 aliphatic heterocycles. The summed E-state index contributed by atoms with van der Waals surface area (Å²) in [5, 5.41) is 4.19. The first-order valence-corrected chi connectivity index (χ1v) is 13.3. The molecular weight excluding hydrogens is 442 g/mol. The zero-order chi connectivity index (χ0) is 22.4. The summed E-state index contributed by atoms with van der Waals surface area (Å²) in [4.78, 5) is 0.310. The lowest BCUT2D eigenvalue weighted by atomic mass is 10.2. The third kappa shape index (κ3) is 5.98. The predicted molar refractivity (Wildman–Crippen MR) is 128 cm³/mol. The van der Waals surface area contributed by atoms with Crippen LogP contribution in [0.1, 0.15) is 29.5 Å². The Bertz CT molecular complexity index is 1090. The number of thiophene rings is 1. The Kier molecular flexibility index (Phi) is 7.63. The summed E-state index contributed by atoms with van der Waals surface area (Å²) in [5.41, 5.74) is 3.19. The van der Waals surface area contributed by atoms with Gasteiger partial charge in [-0.05, 0) is 72.0 Å². The van der Waals surface area contributed by atoms with E-state index < -0.39 is 10.0 Å². The van der Waals surface area contributed by atoms with Crippen molar-refractivity contribution >= 4 is 21.4 Å². The fourth-order valence-electron chi connectivity index (χ4n) is 3.78. The molecule has 32 heavy (non-hydrogen) atoms. The fourth-order valence-corrected chi connectivity index (χ4v) is 5.94. The van der Waals surface area contributed by atoms with E-state index in [-0.39, 0.29) is 12.6 Å². The van der Waals surface area contributed by atoms with Crippen molar-refractivity contribution in [2.75, 3.05) is 19.8 Å². The van der Waals surface area contributed by atoms with Crippen LogP contribution in [0.4, 0.5) is 0 Å². The number of hydrogen-bond donors (Lipinski definition) is 0. The lowest BCUT2D eigenvalue weighted by Gasteiger charge is -2.25. The second kappa shape index (κ2) is 10.6. The van der Waals surface area contributed by atoms with Gasteiger partial charge < -0.3 is 9.47 Å². The van der Waals surface area contributed by atoms with Crippen LogP contribution in [-0.2, 0) is 27.7 Å². The van der Waals surface area contributed by atoms with E-state index in [2.05, 4.69) is 16.8 Å². The third-order valence-corrected chi connectivity index (χ3v) is 8.14. The molecule has 0 bridgehead atoms. The second-order valence-electron chi connectivity index (χ2n) is 8.12. The van der Waals surface area contributed by atoms with E-state index in [0.29, 0.717) is 24.7 Å². The minimum Gasteiger partial charge on any atom is -0.493 e. The van der Waals surface area contributed by atoms with Gasteiger partial charge in [0.25, 0.3) is 0 Å². The molecule has 4 rings (SSSR count). The summed E-state index contributed by atoms with van der Waals surface area (Å²) in [5.74, 6) is 0.752. The summed E-state index contributed by atoms with van der Waals surface area (Å²) in [6.45, 7) is 3.85. The first-order valence-electron chi connectivity index (χ1n) is 10.9. The molecule has 1 aromatic heterocycles. The number of aryl methyl sites for hydroxylation is 1. The highest BCUT2D eigenvalue weighted by Gasteiger charge is 2.29. The van der Waals surface area contributed by atoms with Crippen molar-refractivity contribution in [3.05, 3.63) is 82.0 Å². The fraction of sp³-hybridized carbons (Fsp3) is 0.360. The quantitative estimate of drug-likeness (QED) is 0.415. The van der Waals surface area contributed by atoms with Crippen LogP contribution in [-0.4, -0.2) is 38.6 Å². The Morgan fingerprint density at radius 1 is 1.12 bits per heavy atom. The van der Waals surface area contributed by atoms with Crippen LogP contribution in [0.25, 0.3) is 0 Å². The lowest BCUT2D eigenvalue weighted by Crippen LogP contribution is -2.37. The molecule has 2 heterocycles. The van der Waals surface area contributed by atoms with Crippen molar-refractivity contribution in [3.8, 4) is 5.75 Å². The molecule has 1 atom stereocenters. The highest BCUT2D eigenvalue weighted by molar-refractivity contribution is 7.89. The van der Waals surface area contributed by atoms with Crippen LogP contribution in [0.15, 0.2) is 70.3 Å². The van der Waals surface area contributed by atoms with Gasteiger partial charge in [0.1, 0.15) is 5.75 Å². The molecule has 3 aromatic rings. The average Bonchev–Trinajstić information content (AvgIpc) is 3.48. The number of rotatable bonds is 10. The van der Waals surface area contributed by atoms with Gasteiger partial charge in [-0.2, -0.15) is 15.6 Å². The summed E-state index contributed by atoms with van der Waals surface area (Å²) in [7, 11) is -3.65. The molecule has 0 amide bonds. The molecule has 5 nitrogen and oxygen atoms in total. The van der Waals surface area contributed by atoms with Crippen molar-refractivity contribution in [1.82, 2.24) is 4.31 Å². The van der Waals surface area contributed by atoms with E-state index in [1.807, 2.05) is 43.3 Å². The number of sulfonamides is 1. The molecule has 1 unspecified atom stereocenters. The molecule has 0 spiro atoms. The highest BCUT2D eigenvalue weighted by Crippen LogP contribution is 2.24. The molecule has 0 N–H and O–H groups in total. The molecule has 2 aromatic carbocycles. The zero-order valence-electron chi connectivity index (χ0n) is 18.3. The number of ether oxygens (including phenoxy) is 2. The lowest BCUT2D eigenvalue weighted by molar-refractivity contribution is 0.0926. The molecule has 170 valence electrons. The van der Waals surface area contributed by atoms with E-state index in [9.17, 15) is 8.42 Å². The van der Waals surface area contributed by atoms with Crippen LogP contribution in [0.2, 0.25) is 0 Å². The summed E-state index contributed by atoms with van der Waals surface area (Å²) in [6.07, 6.45) is 2.63. The van der Waals surface area contributed by atoms with Gasteiger partial charge in [0.05, 0.1) is 17.6 Å². The smallest absolute Gasteiger partial charge is 0.243 e. The minimum atomic E-state index is -3.65. The van der Waals surface area contributed by atoms with Gasteiger partial charge in [0.2, 0.25) is 10.0 Å². The van der Waals surface area contributed by atoms with Crippen molar-refractivity contribution in [2.45, 2.75) is 43.7 Å². The molecule has 0 radical (unpaired) electrons. The van der Waals surface area contributed by atoms with Gasteiger partial charge in [-0.1, -0.05) is 29.8 Å². The maximum absolute atomic E-state index is 13.5. The Balaban J connectivity index is 1.49. The first-order chi connectivity index (χ1) is 15.5. The number of nitrogens with zero attached hydrogens (tertiary/aromatic N) is 1. The minimum absolute atomic E-state index is 0.0692. The van der Waals surface area contributed by atoms with Crippen LogP contribution >= 0.6 is 11.3 Å². The molecule has 0 aliphatic carbocycles. The zero-order valence-corrected chi connectivity index (χ0v) is 19.9. The summed E-state index contributed by atoms with van der Waals surface area (Å²) in [6, 6.07) is 16.8. The molecule has 7 heteroatoms. The summed E-state index contributed by atoms with van der Waals surface area (Å²) < 4.78 is 40.2. The number of benzene rings is 2. The first kappa shape index (κ1) is 23.0. The van der Waals surface area contributed by atoms with E-state index in [0.717, 1.165) is 36.1 Å². The van der Waals surface area contributed by atoms with Gasteiger partial charge in [-0.15, -0.1) is 0 Å². The standard InChI is InChI=1S/C25H29NO4S2/c1-20-7-9-25(10-8-20)32(27,28)26(18-24-6-3-13-29-24)17-22-4-2-5-23(16-22)30-14-11-21-12-15-31-19-21/h2,4-5,7-10,12,15-16,19,24H,3,6,11,13-14,17-18H2,1H3. The van der Waals surface area contributed by atoms with Gasteiger partial charge >= 0.3 is 0 Å². The van der Waals surface area contributed by atoms with Crippen molar-refractivity contribution in [2.24, 2.45) is 0 Å². The van der Waals surface area contributed by atoms with Gasteiger partial charge in [-0.3, -0.25) is 0 Å². The van der Waals surface area contributed by atoms with Crippen molar-refractivity contribution in [3.63, 3.8) is 0 Å². The maximum Gasteiger partial charge on any atom is 0.243 e. The highest BCUT2D eigenvalue weighted by atomic mass is 32.2. The monoisotopic (exact) mass is 471 g/mol. The second-order valence-corrected chi connectivity index (χ2v) is 10.8. The molecular formula is C25H29NO4S2. The molecule has 1 fully saturated rings. The average molecular weight is 472 g/mol. The SMILES string of the molecule is Cc1ccc(S(=O)(=O)N(Cc2cccc(OCCc3ccsc3)c2)CC2CCCO2)cc1. The largest absolute Gasteiger partial charge is 0.493 e. The molecule has 0 saturated carbocycles. The molecule has 1 saturated heterocycles. The van der Waals surface area contributed by atoms with Crippen molar-refractivity contribution in [1.29, 1.82) is 0 Å². The Morgan fingerprint density at radius 3 is 2.69 bits per heavy atom. The van der Waals surface area contributed by atoms with Gasteiger partial charge in [0, 0.05) is 26.1 Å². The van der Waals surface area contributed by atoms with Crippen LogP contribution in [0.5, 0.6) is 5.75 Å². The van der Waals surface area contributed by atoms with E-state index in [1.54, 1.807) is 23.5 Å². The Hall–Kier alpha value is -2.19. The molecule has 1 aliphatic rings. The number of hydrogen-bond acceptors (Lipinski definition) is 5. The van der Waals surface area contributed by atoms with Crippen LogP contribution < -0.4 is 4.74 Å². The van der Waals surface area contributed by atoms with E-state index in [4.69, 9.17) is 9.47 Å². The predicted octanol–water partition coefficient (Wildman–Crippen LogP) is 5.05. The normalized spacial score (nSPS) is 16.5. The van der Waals surface area contributed by atoms with E-state index in [1.165, 1.54) is 9.87 Å². The Labute approximate surface area is 194 Å².